The Morgan fingerprint density at radius 2 is 1.74 bits per heavy atom. The molecule has 2 aliphatic heterocycles. The smallest absolute Gasteiger partial charge is 0.347 e. The maximum atomic E-state index is 11.6. The van der Waals surface area contributed by atoms with Crippen molar-refractivity contribution in [3.05, 3.63) is 52.8 Å². The average molecular weight is 312 g/mol. The summed E-state index contributed by atoms with van der Waals surface area (Å²) >= 11 is 0. The molecule has 0 radical (unpaired) electrons. The topological polar surface area (TPSA) is 96.0 Å². The quantitative estimate of drug-likeness (QED) is 0.599. The molecule has 0 saturated carbocycles. The second-order valence-electron chi connectivity index (χ2n) is 5.19. The number of hydrogen-bond donors (Lipinski definition) is 0. The van der Waals surface area contributed by atoms with Gasteiger partial charge in [0.1, 0.15) is 11.5 Å². The number of cyclic esters (lactones) is 4. The lowest BCUT2D eigenvalue weighted by atomic mass is 9.93. The maximum absolute atomic E-state index is 11.6. The molecule has 1 atom stereocenters. The Labute approximate surface area is 129 Å². The molecule has 7 heteroatoms. The monoisotopic (exact) mass is 312 g/mol. The molecule has 0 amide bonds. The van der Waals surface area contributed by atoms with Crippen LogP contribution in [0.1, 0.15) is 27.1 Å². The van der Waals surface area contributed by atoms with Crippen LogP contribution in [0.15, 0.2) is 41.7 Å². The number of hydrogen-bond acceptors (Lipinski definition) is 7. The van der Waals surface area contributed by atoms with Crippen LogP contribution in [0.2, 0.25) is 0 Å². The molecule has 0 N–H and O–H groups in total. The van der Waals surface area contributed by atoms with Gasteiger partial charge in [-0.1, -0.05) is 0 Å². The molecule has 114 valence electrons. The van der Waals surface area contributed by atoms with E-state index in [9.17, 15) is 19.2 Å². The molecule has 1 saturated heterocycles. The van der Waals surface area contributed by atoms with Gasteiger partial charge in [-0.25, -0.2) is 14.4 Å². The van der Waals surface area contributed by atoms with Crippen molar-refractivity contribution in [2.24, 2.45) is 5.92 Å². The summed E-state index contributed by atoms with van der Waals surface area (Å²) in [5.41, 5.74) is 0.566. The van der Waals surface area contributed by atoms with Crippen LogP contribution in [-0.4, -0.2) is 23.9 Å². The van der Waals surface area contributed by atoms with E-state index < -0.39 is 29.8 Å². The van der Waals surface area contributed by atoms with Crippen LogP contribution in [0.5, 0.6) is 5.75 Å². The summed E-state index contributed by atoms with van der Waals surface area (Å²) in [6.07, 6.45) is 3.40. The third-order valence-electron chi connectivity index (χ3n) is 3.79. The molecule has 0 aromatic heterocycles. The highest BCUT2D eigenvalue weighted by molar-refractivity contribution is 6.14. The minimum atomic E-state index is -0.726. The third-order valence-corrected chi connectivity index (χ3v) is 3.79. The van der Waals surface area contributed by atoms with Crippen molar-refractivity contribution in [3.8, 4) is 5.75 Å². The molecular formula is C16H8O7. The van der Waals surface area contributed by atoms with Crippen LogP contribution < -0.4 is 4.74 Å². The van der Waals surface area contributed by atoms with Gasteiger partial charge in [-0.2, -0.15) is 0 Å². The minimum Gasteiger partial charge on any atom is -0.458 e. The fraction of sp³-hybridized carbons (Fsp3) is 0.125. The maximum Gasteiger partial charge on any atom is 0.347 e. The summed E-state index contributed by atoms with van der Waals surface area (Å²) < 4.78 is 14.7. The van der Waals surface area contributed by atoms with E-state index in [-0.39, 0.29) is 16.7 Å². The minimum absolute atomic E-state index is 0.130. The zero-order valence-corrected chi connectivity index (χ0v) is 11.5. The van der Waals surface area contributed by atoms with E-state index in [1.54, 1.807) is 6.08 Å². The second-order valence-corrected chi connectivity index (χ2v) is 5.19. The van der Waals surface area contributed by atoms with Gasteiger partial charge in [-0.15, -0.1) is 0 Å². The third kappa shape index (κ3) is 2.05. The Morgan fingerprint density at radius 3 is 2.57 bits per heavy atom. The molecule has 0 spiro atoms. The molecule has 7 nitrogen and oxygen atoms in total. The Kier molecular flexibility index (Phi) is 2.71. The predicted octanol–water partition coefficient (Wildman–Crippen LogP) is 1.29. The number of carbonyl (C=O) groups is 4. The van der Waals surface area contributed by atoms with Crippen LogP contribution in [-0.2, 0) is 19.1 Å². The first-order valence-corrected chi connectivity index (χ1v) is 6.79. The fourth-order valence-electron chi connectivity index (χ4n) is 2.65. The van der Waals surface area contributed by atoms with Crippen LogP contribution >= 0.6 is 0 Å². The van der Waals surface area contributed by atoms with Crippen molar-refractivity contribution >= 4 is 23.9 Å². The number of carbonyl (C=O) groups excluding carboxylic acids is 4. The predicted molar refractivity (Wildman–Crippen MR) is 72.2 cm³/mol. The van der Waals surface area contributed by atoms with E-state index in [1.807, 2.05) is 0 Å². The van der Waals surface area contributed by atoms with E-state index >= 15 is 0 Å². The van der Waals surface area contributed by atoms with Crippen molar-refractivity contribution < 1.29 is 33.4 Å². The highest BCUT2D eigenvalue weighted by atomic mass is 16.6. The molecule has 23 heavy (non-hydrogen) atoms. The van der Waals surface area contributed by atoms with Gasteiger partial charge in [0.2, 0.25) is 0 Å². The normalized spacial score (nSPS) is 22.0. The van der Waals surface area contributed by atoms with Crippen LogP contribution in [0.4, 0.5) is 0 Å². The van der Waals surface area contributed by atoms with Gasteiger partial charge in [-0.3, -0.25) is 4.79 Å². The lowest BCUT2D eigenvalue weighted by molar-refractivity contribution is -0.152. The second kappa shape index (κ2) is 4.64. The Bertz CT molecular complexity index is 859. The van der Waals surface area contributed by atoms with Crippen LogP contribution in [0.3, 0.4) is 0 Å². The lowest BCUT2D eigenvalue weighted by Gasteiger charge is -2.13. The fourth-order valence-corrected chi connectivity index (χ4v) is 2.65. The first-order valence-electron chi connectivity index (χ1n) is 6.79. The summed E-state index contributed by atoms with van der Waals surface area (Å²) in [6.45, 7) is 0. The molecule has 1 aromatic carbocycles. The first kappa shape index (κ1) is 13.4. The zero-order chi connectivity index (χ0) is 16.1. The molecule has 2 heterocycles. The number of allylic oxidation sites excluding steroid dienone is 2. The van der Waals surface area contributed by atoms with Crippen molar-refractivity contribution in [1.82, 2.24) is 0 Å². The molecule has 0 bridgehead atoms. The largest absolute Gasteiger partial charge is 0.458 e. The lowest BCUT2D eigenvalue weighted by Crippen LogP contribution is -2.12. The number of ether oxygens (including phenoxy) is 3. The number of esters is 4. The highest BCUT2D eigenvalue weighted by Gasteiger charge is 2.40. The summed E-state index contributed by atoms with van der Waals surface area (Å²) in [5, 5.41) is 0. The summed E-state index contributed by atoms with van der Waals surface area (Å²) in [6, 6.07) is 4.35. The number of fused-ring (bicyclic) bond motifs is 2. The molecule has 1 aliphatic carbocycles. The summed E-state index contributed by atoms with van der Waals surface area (Å²) in [7, 11) is 0. The highest BCUT2D eigenvalue weighted by Crippen LogP contribution is 2.33. The molecule has 1 unspecified atom stereocenters. The number of benzene rings is 1. The van der Waals surface area contributed by atoms with Gasteiger partial charge in [0.25, 0.3) is 0 Å². The molecular weight excluding hydrogens is 304 g/mol. The first-order chi connectivity index (χ1) is 11.0. The average Bonchev–Trinajstić information content (AvgIpc) is 2.96. The van der Waals surface area contributed by atoms with E-state index in [0.717, 1.165) is 0 Å². The van der Waals surface area contributed by atoms with Crippen molar-refractivity contribution in [3.63, 3.8) is 0 Å². The Balaban J connectivity index is 1.61. The van der Waals surface area contributed by atoms with E-state index in [4.69, 9.17) is 4.74 Å². The molecule has 1 aromatic rings. The van der Waals surface area contributed by atoms with Gasteiger partial charge in [0, 0.05) is 0 Å². The molecule has 3 aliphatic rings. The van der Waals surface area contributed by atoms with Gasteiger partial charge in [0.15, 0.2) is 0 Å². The summed E-state index contributed by atoms with van der Waals surface area (Å²) in [5.74, 6) is -2.55. The SMILES string of the molecule is O=C1OC(=O)C2CC=C(Oc3ccc4c(c3)C(=O)OC4=O)C=C12. The standard InChI is InChI=1S/C16H8O7/c17-13-9-3-1-7(5-11(9)15(19)22-13)21-8-2-4-10-12(6-8)16(20)23-14(10)18/h1-3,5-6,10H,4H2. The van der Waals surface area contributed by atoms with Crippen molar-refractivity contribution in [2.75, 3.05) is 0 Å². The van der Waals surface area contributed by atoms with Crippen molar-refractivity contribution in [1.29, 1.82) is 0 Å². The zero-order valence-electron chi connectivity index (χ0n) is 11.5. The molecule has 4 rings (SSSR count). The van der Waals surface area contributed by atoms with E-state index in [2.05, 4.69) is 9.47 Å². The van der Waals surface area contributed by atoms with Gasteiger partial charge >= 0.3 is 23.9 Å². The Hall–Kier alpha value is -3.22. The number of rotatable bonds is 2. The Morgan fingerprint density at radius 1 is 0.957 bits per heavy atom. The van der Waals surface area contributed by atoms with Gasteiger partial charge in [-0.05, 0) is 36.8 Å². The van der Waals surface area contributed by atoms with E-state index in [0.29, 0.717) is 17.9 Å². The van der Waals surface area contributed by atoms with E-state index in [1.165, 1.54) is 24.3 Å². The van der Waals surface area contributed by atoms with Gasteiger partial charge < -0.3 is 14.2 Å². The molecule has 1 fully saturated rings. The van der Waals surface area contributed by atoms with Crippen LogP contribution in [0, 0.1) is 5.92 Å². The van der Waals surface area contributed by atoms with Gasteiger partial charge in [0.05, 0.1) is 22.6 Å². The van der Waals surface area contributed by atoms with Crippen LogP contribution in [0.25, 0.3) is 0 Å². The summed E-state index contributed by atoms with van der Waals surface area (Å²) in [4.78, 5) is 45.9. The van der Waals surface area contributed by atoms with Crippen molar-refractivity contribution in [2.45, 2.75) is 6.42 Å².